The number of nitrogens with one attached hydrogen (secondary N) is 3. The third-order valence-corrected chi connectivity index (χ3v) is 5.22. The number of piperazine rings is 1. The first-order chi connectivity index (χ1) is 13.6. The molecule has 0 aliphatic carbocycles. The molecule has 0 bridgehead atoms. The van der Waals surface area contributed by atoms with Crippen molar-refractivity contribution in [3.05, 3.63) is 65.7 Å². The van der Waals surface area contributed by atoms with E-state index in [9.17, 15) is 9.90 Å². The minimum Gasteiger partial charge on any atom is -0.508 e. The molecule has 0 atom stereocenters. The lowest BCUT2D eigenvalue weighted by Gasteiger charge is -2.29. The number of hydrogen-bond acceptors (Lipinski definition) is 3. The normalized spacial score (nSPS) is 20.0. The molecule has 1 aliphatic rings. The van der Waals surface area contributed by atoms with Crippen LogP contribution in [0.3, 0.4) is 0 Å². The van der Waals surface area contributed by atoms with E-state index < -0.39 is 0 Å². The maximum Gasteiger partial charge on any atom is 0.295 e. The van der Waals surface area contributed by atoms with Crippen molar-refractivity contribution in [1.82, 2.24) is 5.43 Å². The van der Waals surface area contributed by atoms with Crippen LogP contribution in [-0.2, 0) is 11.3 Å². The summed E-state index contributed by atoms with van der Waals surface area (Å²) in [5.74, 6) is 0.173. The maximum atomic E-state index is 12.3. The molecule has 2 aromatic carbocycles. The summed E-state index contributed by atoms with van der Waals surface area (Å²) < 4.78 is 0. The summed E-state index contributed by atoms with van der Waals surface area (Å²) in [4.78, 5) is 15.2. The van der Waals surface area contributed by atoms with Gasteiger partial charge < -0.3 is 14.9 Å². The second-order valence-electron chi connectivity index (χ2n) is 7.33. The highest BCUT2D eigenvalue weighted by molar-refractivity contribution is 6.01. The third-order valence-electron chi connectivity index (χ3n) is 5.22. The van der Waals surface area contributed by atoms with Gasteiger partial charge >= 0.3 is 0 Å². The highest BCUT2D eigenvalue weighted by atomic mass is 16.3. The lowest BCUT2D eigenvalue weighted by Crippen LogP contribution is -3.28. The maximum absolute atomic E-state index is 12.3. The Morgan fingerprint density at radius 1 is 1.00 bits per heavy atom. The van der Waals surface area contributed by atoms with Crippen molar-refractivity contribution in [2.45, 2.75) is 19.9 Å². The Hall–Kier alpha value is -2.70. The standard InChI is InChI=1S/C22H28N4O2/c1-2-21(19-8-10-20(27)11-9-19)23-24-22(28)17-26-14-12-25(13-15-26)16-18-6-4-3-5-7-18/h3-11,27H,2,12-17H2,1H3,(H,24,28)/p+2/b23-21+. The van der Waals surface area contributed by atoms with Crippen molar-refractivity contribution in [2.75, 3.05) is 32.7 Å². The smallest absolute Gasteiger partial charge is 0.295 e. The Morgan fingerprint density at radius 2 is 1.64 bits per heavy atom. The Kier molecular flexibility index (Phi) is 7.17. The van der Waals surface area contributed by atoms with Crippen LogP contribution in [0, 0.1) is 0 Å². The molecule has 3 rings (SSSR count). The van der Waals surface area contributed by atoms with Crippen molar-refractivity contribution >= 4 is 11.6 Å². The number of benzene rings is 2. The molecule has 1 aliphatic heterocycles. The van der Waals surface area contributed by atoms with Crippen molar-refractivity contribution in [1.29, 1.82) is 0 Å². The van der Waals surface area contributed by atoms with Crippen LogP contribution in [0.4, 0.5) is 0 Å². The zero-order valence-corrected chi connectivity index (χ0v) is 16.4. The van der Waals surface area contributed by atoms with Gasteiger partial charge in [-0.1, -0.05) is 37.3 Å². The molecule has 28 heavy (non-hydrogen) atoms. The lowest BCUT2D eigenvalue weighted by molar-refractivity contribution is -1.02. The molecule has 148 valence electrons. The molecule has 1 amide bonds. The highest BCUT2D eigenvalue weighted by Gasteiger charge is 2.24. The van der Waals surface area contributed by atoms with Gasteiger partial charge in [0, 0.05) is 5.56 Å². The van der Waals surface area contributed by atoms with Gasteiger partial charge in [0.2, 0.25) is 0 Å². The van der Waals surface area contributed by atoms with E-state index >= 15 is 0 Å². The second-order valence-corrected chi connectivity index (χ2v) is 7.33. The molecule has 1 saturated heterocycles. The van der Waals surface area contributed by atoms with Crippen molar-refractivity contribution in [2.24, 2.45) is 5.10 Å². The number of amides is 1. The number of hydrogen-bond donors (Lipinski definition) is 4. The van der Waals surface area contributed by atoms with E-state index in [1.54, 1.807) is 17.0 Å². The van der Waals surface area contributed by atoms with Crippen molar-refractivity contribution in [3.63, 3.8) is 0 Å². The quantitative estimate of drug-likeness (QED) is 0.389. The largest absolute Gasteiger partial charge is 0.508 e. The lowest BCUT2D eigenvalue weighted by atomic mass is 10.1. The van der Waals surface area contributed by atoms with E-state index in [0.29, 0.717) is 13.0 Å². The molecule has 1 fully saturated rings. The van der Waals surface area contributed by atoms with Gasteiger partial charge in [-0.25, -0.2) is 5.43 Å². The van der Waals surface area contributed by atoms with Gasteiger partial charge in [0.15, 0.2) is 6.54 Å². The van der Waals surface area contributed by atoms with E-state index in [1.807, 2.05) is 25.1 Å². The second kappa shape index (κ2) is 10.0. The highest BCUT2D eigenvalue weighted by Crippen LogP contribution is 2.11. The van der Waals surface area contributed by atoms with Crippen LogP contribution in [0.2, 0.25) is 0 Å². The zero-order valence-electron chi connectivity index (χ0n) is 16.4. The van der Waals surface area contributed by atoms with Gasteiger partial charge in [-0.05, 0) is 36.2 Å². The molecule has 6 nitrogen and oxygen atoms in total. The van der Waals surface area contributed by atoms with Crippen LogP contribution < -0.4 is 15.2 Å². The Labute approximate surface area is 166 Å². The SMILES string of the molecule is CC/C(=N\NC(=O)C[NH+]1CC[NH+](Cc2ccccc2)CC1)c1ccc(O)cc1. The summed E-state index contributed by atoms with van der Waals surface area (Å²) in [6.07, 6.45) is 0.708. The molecule has 0 radical (unpaired) electrons. The molecule has 0 saturated carbocycles. The minimum atomic E-state index is -0.0498. The average Bonchev–Trinajstić information content (AvgIpc) is 2.72. The molecule has 0 spiro atoms. The summed E-state index contributed by atoms with van der Waals surface area (Å²) >= 11 is 0. The Bertz CT molecular complexity index is 782. The molecule has 0 unspecified atom stereocenters. The van der Waals surface area contributed by atoms with E-state index in [-0.39, 0.29) is 11.7 Å². The van der Waals surface area contributed by atoms with Gasteiger partial charge in [-0.15, -0.1) is 0 Å². The Balaban J connectivity index is 1.44. The summed E-state index contributed by atoms with van der Waals surface area (Å²) in [5.41, 5.74) is 5.79. The zero-order chi connectivity index (χ0) is 19.8. The van der Waals surface area contributed by atoms with E-state index in [4.69, 9.17) is 0 Å². The summed E-state index contributed by atoms with van der Waals surface area (Å²) in [5, 5.41) is 13.7. The fourth-order valence-electron chi connectivity index (χ4n) is 3.59. The van der Waals surface area contributed by atoms with Crippen LogP contribution >= 0.6 is 0 Å². The van der Waals surface area contributed by atoms with Gasteiger partial charge in [0.25, 0.3) is 5.91 Å². The first-order valence-electron chi connectivity index (χ1n) is 10.00. The predicted octanol–water partition coefficient (Wildman–Crippen LogP) is -0.394. The monoisotopic (exact) mass is 382 g/mol. The van der Waals surface area contributed by atoms with Crippen LogP contribution in [0.25, 0.3) is 0 Å². The van der Waals surface area contributed by atoms with Crippen LogP contribution in [0.15, 0.2) is 59.7 Å². The predicted molar refractivity (Wildman–Crippen MR) is 109 cm³/mol. The molecule has 0 aromatic heterocycles. The van der Waals surface area contributed by atoms with Crippen LogP contribution in [-0.4, -0.2) is 49.4 Å². The molecule has 6 heteroatoms. The number of rotatable bonds is 7. The number of phenols is 1. The van der Waals surface area contributed by atoms with Gasteiger partial charge in [-0.3, -0.25) is 4.79 Å². The molecular formula is C22H30N4O2+2. The number of carbonyl (C=O) groups excluding carboxylic acids is 1. The number of phenolic OH excluding ortho intramolecular Hbond substituents is 1. The first-order valence-corrected chi connectivity index (χ1v) is 10.00. The fraction of sp³-hybridized carbons (Fsp3) is 0.364. The number of nitrogens with zero attached hydrogens (tertiary/aromatic N) is 1. The number of carbonyl (C=O) groups is 1. The Morgan fingerprint density at radius 3 is 2.29 bits per heavy atom. The molecule has 2 aromatic rings. The first kappa shape index (κ1) is 20.0. The molecule has 4 N–H and O–H groups in total. The van der Waals surface area contributed by atoms with E-state index in [2.05, 4.69) is 34.8 Å². The number of hydrazone groups is 1. The van der Waals surface area contributed by atoms with Crippen LogP contribution in [0.5, 0.6) is 5.75 Å². The summed E-state index contributed by atoms with van der Waals surface area (Å²) in [6, 6.07) is 17.5. The van der Waals surface area contributed by atoms with Gasteiger partial charge in [0.1, 0.15) is 38.5 Å². The number of quaternary nitrogens is 2. The van der Waals surface area contributed by atoms with E-state index in [0.717, 1.165) is 44.0 Å². The van der Waals surface area contributed by atoms with Crippen molar-refractivity contribution < 1.29 is 19.7 Å². The summed E-state index contributed by atoms with van der Waals surface area (Å²) in [7, 11) is 0. The molecule has 1 heterocycles. The van der Waals surface area contributed by atoms with Crippen molar-refractivity contribution in [3.8, 4) is 5.75 Å². The topological polar surface area (TPSA) is 70.6 Å². The molecular weight excluding hydrogens is 352 g/mol. The average molecular weight is 383 g/mol. The summed E-state index contributed by atoms with van der Waals surface area (Å²) in [6.45, 7) is 7.66. The third kappa shape index (κ3) is 5.90. The number of aromatic hydroxyl groups is 1. The van der Waals surface area contributed by atoms with Gasteiger partial charge in [0.05, 0.1) is 5.71 Å². The fourth-order valence-corrected chi connectivity index (χ4v) is 3.59. The van der Waals surface area contributed by atoms with Crippen LogP contribution in [0.1, 0.15) is 24.5 Å². The van der Waals surface area contributed by atoms with Gasteiger partial charge in [-0.2, -0.15) is 5.10 Å². The minimum absolute atomic E-state index is 0.0498. The van der Waals surface area contributed by atoms with E-state index in [1.165, 1.54) is 10.5 Å².